The van der Waals surface area contributed by atoms with Crippen LogP contribution in [-0.2, 0) is 0 Å². The Morgan fingerprint density at radius 2 is 1.15 bits per heavy atom. The monoisotopic (exact) mass is 522 g/mol. The topological polar surface area (TPSA) is 0 Å². The summed E-state index contributed by atoms with van der Waals surface area (Å²) in [5, 5.41) is 0. The first-order valence-electron chi connectivity index (χ1n) is 6.48. The van der Waals surface area contributed by atoms with Crippen molar-refractivity contribution in [2.24, 2.45) is 0 Å². The van der Waals surface area contributed by atoms with Gasteiger partial charge in [-0.05, 0) is 35.1 Å². The zero-order valence-corrected chi connectivity index (χ0v) is 17.1. The standard InChI is InChI=1S/C16H14Br4/c1-3-9-5-11(13-7-15(13,17)18)12(6-10(9)4-2)14-8-16(14,19)20/h3-6,13-14H,1-2,7-8H2. The Labute approximate surface area is 153 Å². The molecule has 0 spiro atoms. The molecule has 106 valence electrons. The zero-order valence-electron chi connectivity index (χ0n) is 10.8. The predicted octanol–water partition coefficient (Wildman–Crippen LogP) is 6.92. The maximum Gasteiger partial charge on any atom is 0.0881 e. The first kappa shape index (κ1) is 15.5. The molecule has 0 radical (unpaired) electrons. The van der Waals surface area contributed by atoms with Crippen LogP contribution in [0.4, 0.5) is 0 Å². The number of hydrogen-bond acceptors (Lipinski definition) is 0. The summed E-state index contributed by atoms with van der Waals surface area (Å²) in [7, 11) is 0. The van der Waals surface area contributed by atoms with E-state index in [1.54, 1.807) is 0 Å². The van der Waals surface area contributed by atoms with E-state index in [0.717, 1.165) is 24.0 Å². The highest BCUT2D eigenvalue weighted by Gasteiger charge is 2.56. The Morgan fingerprint density at radius 3 is 1.35 bits per heavy atom. The Balaban J connectivity index is 2.11. The van der Waals surface area contributed by atoms with Crippen LogP contribution in [0.25, 0.3) is 12.2 Å². The Hall–Kier alpha value is 0.620. The van der Waals surface area contributed by atoms with Gasteiger partial charge in [0.15, 0.2) is 0 Å². The maximum absolute atomic E-state index is 3.93. The number of hydrogen-bond donors (Lipinski definition) is 0. The average molecular weight is 526 g/mol. The fourth-order valence-electron chi connectivity index (χ4n) is 2.73. The van der Waals surface area contributed by atoms with E-state index in [1.807, 2.05) is 12.2 Å². The molecule has 0 heterocycles. The van der Waals surface area contributed by atoms with Gasteiger partial charge in [-0.2, -0.15) is 0 Å². The van der Waals surface area contributed by atoms with Crippen LogP contribution in [0, 0.1) is 0 Å². The first-order chi connectivity index (χ1) is 9.30. The number of benzene rings is 1. The van der Waals surface area contributed by atoms with Crippen molar-refractivity contribution in [1.82, 2.24) is 0 Å². The molecule has 0 nitrogen and oxygen atoms in total. The third-order valence-electron chi connectivity index (χ3n) is 4.13. The minimum atomic E-state index is 0.0685. The SMILES string of the molecule is C=Cc1cc(C2CC2(Br)Br)c(C2CC2(Br)Br)cc1C=C. The largest absolute Gasteiger partial charge is 0.0984 e. The van der Waals surface area contributed by atoms with Gasteiger partial charge in [-0.1, -0.05) is 101 Å². The van der Waals surface area contributed by atoms with Gasteiger partial charge in [-0.3, -0.25) is 0 Å². The van der Waals surface area contributed by atoms with E-state index in [0.29, 0.717) is 11.8 Å². The summed E-state index contributed by atoms with van der Waals surface area (Å²) in [5.41, 5.74) is 5.17. The molecule has 0 N–H and O–H groups in total. The molecule has 2 unspecified atom stereocenters. The van der Waals surface area contributed by atoms with Crippen LogP contribution in [-0.4, -0.2) is 6.47 Å². The van der Waals surface area contributed by atoms with Gasteiger partial charge in [0.25, 0.3) is 0 Å². The predicted molar refractivity (Wildman–Crippen MR) is 103 cm³/mol. The van der Waals surface area contributed by atoms with E-state index in [9.17, 15) is 0 Å². The molecule has 0 aromatic heterocycles. The highest BCUT2D eigenvalue weighted by atomic mass is 79.9. The molecule has 1 aromatic rings. The summed E-state index contributed by atoms with van der Waals surface area (Å²) >= 11 is 15.0. The van der Waals surface area contributed by atoms with E-state index in [2.05, 4.69) is 89.0 Å². The molecule has 1 aromatic carbocycles. The summed E-state index contributed by atoms with van der Waals surface area (Å²) in [6.07, 6.45) is 6.07. The highest BCUT2D eigenvalue weighted by Crippen LogP contribution is 2.67. The summed E-state index contributed by atoms with van der Waals surface area (Å²) in [4.78, 5) is 0. The smallest absolute Gasteiger partial charge is 0.0881 e. The lowest BCUT2D eigenvalue weighted by Crippen LogP contribution is -2.00. The maximum atomic E-state index is 3.93. The van der Waals surface area contributed by atoms with Crippen molar-refractivity contribution in [2.75, 3.05) is 0 Å². The van der Waals surface area contributed by atoms with Gasteiger partial charge >= 0.3 is 0 Å². The number of halogens is 4. The fourth-order valence-corrected chi connectivity index (χ4v) is 5.01. The van der Waals surface area contributed by atoms with Crippen LogP contribution in [0.2, 0.25) is 0 Å². The molecular weight excluding hydrogens is 512 g/mol. The summed E-state index contributed by atoms with van der Waals surface area (Å²) in [6, 6.07) is 4.56. The molecule has 2 saturated carbocycles. The van der Waals surface area contributed by atoms with Crippen LogP contribution in [0.3, 0.4) is 0 Å². The fraction of sp³-hybridized carbons (Fsp3) is 0.375. The van der Waals surface area contributed by atoms with Crippen LogP contribution in [0.1, 0.15) is 46.9 Å². The normalized spacial score (nSPS) is 28.8. The van der Waals surface area contributed by atoms with Gasteiger partial charge in [0, 0.05) is 11.8 Å². The van der Waals surface area contributed by atoms with Crippen LogP contribution in [0.5, 0.6) is 0 Å². The van der Waals surface area contributed by atoms with Gasteiger partial charge < -0.3 is 0 Å². The van der Waals surface area contributed by atoms with Crippen molar-refractivity contribution < 1.29 is 0 Å². The molecule has 4 heteroatoms. The van der Waals surface area contributed by atoms with Crippen LogP contribution in [0.15, 0.2) is 25.3 Å². The molecule has 2 atom stereocenters. The van der Waals surface area contributed by atoms with Gasteiger partial charge in [0.05, 0.1) is 6.47 Å². The third kappa shape index (κ3) is 2.66. The van der Waals surface area contributed by atoms with Crippen molar-refractivity contribution in [3.63, 3.8) is 0 Å². The number of rotatable bonds is 4. The second-order valence-corrected chi connectivity index (χ2v) is 13.3. The van der Waals surface area contributed by atoms with Crippen molar-refractivity contribution in [2.45, 2.75) is 31.1 Å². The molecule has 0 aliphatic heterocycles. The summed E-state index contributed by atoms with van der Waals surface area (Å²) in [5.74, 6) is 1.04. The minimum absolute atomic E-state index is 0.0685. The average Bonchev–Trinajstić information content (AvgIpc) is 3.23. The Morgan fingerprint density at radius 1 is 0.850 bits per heavy atom. The minimum Gasteiger partial charge on any atom is -0.0984 e. The van der Waals surface area contributed by atoms with Crippen LogP contribution >= 0.6 is 63.7 Å². The van der Waals surface area contributed by atoms with E-state index in [4.69, 9.17) is 0 Å². The van der Waals surface area contributed by atoms with Crippen molar-refractivity contribution in [1.29, 1.82) is 0 Å². The first-order valence-corrected chi connectivity index (χ1v) is 9.65. The van der Waals surface area contributed by atoms with E-state index < -0.39 is 0 Å². The van der Waals surface area contributed by atoms with E-state index >= 15 is 0 Å². The van der Waals surface area contributed by atoms with Crippen molar-refractivity contribution >= 4 is 75.9 Å². The molecule has 2 aliphatic carbocycles. The Bertz CT molecular complexity index is 548. The molecule has 20 heavy (non-hydrogen) atoms. The van der Waals surface area contributed by atoms with Gasteiger partial charge in [-0.15, -0.1) is 0 Å². The summed E-state index contributed by atoms with van der Waals surface area (Å²) < 4.78 is 0.137. The Kier molecular flexibility index (Phi) is 3.93. The van der Waals surface area contributed by atoms with E-state index in [1.165, 1.54) is 11.1 Å². The molecule has 0 bridgehead atoms. The molecular formula is C16H14Br4. The van der Waals surface area contributed by atoms with Crippen molar-refractivity contribution in [3.05, 3.63) is 47.5 Å². The van der Waals surface area contributed by atoms with Crippen molar-refractivity contribution in [3.8, 4) is 0 Å². The molecule has 0 amide bonds. The second kappa shape index (κ2) is 5.07. The molecule has 2 aliphatic rings. The third-order valence-corrected chi connectivity index (χ3v) is 7.64. The lowest BCUT2D eigenvalue weighted by molar-refractivity contribution is 1.02. The van der Waals surface area contributed by atoms with E-state index in [-0.39, 0.29) is 6.47 Å². The molecule has 3 rings (SSSR count). The zero-order chi connectivity index (χ0) is 14.7. The van der Waals surface area contributed by atoms with Gasteiger partial charge in [0.2, 0.25) is 0 Å². The number of alkyl halides is 4. The van der Waals surface area contributed by atoms with Gasteiger partial charge in [0.1, 0.15) is 0 Å². The summed E-state index contributed by atoms with van der Waals surface area (Å²) in [6.45, 7) is 7.85. The lowest BCUT2D eigenvalue weighted by atomic mass is 9.93. The molecule has 2 fully saturated rings. The highest BCUT2D eigenvalue weighted by molar-refractivity contribution is 9.26. The second-order valence-electron chi connectivity index (χ2n) is 5.55. The lowest BCUT2D eigenvalue weighted by Gasteiger charge is -2.14. The van der Waals surface area contributed by atoms with Crippen LogP contribution < -0.4 is 0 Å². The molecule has 0 saturated heterocycles. The quantitative estimate of drug-likeness (QED) is 0.374. The van der Waals surface area contributed by atoms with Gasteiger partial charge in [-0.25, -0.2) is 0 Å².